The Morgan fingerprint density at radius 3 is 2.89 bits per heavy atom. The van der Waals surface area contributed by atoms with Crippen molar-refractivity contribution in [2.24, 2.45) is 0 Å². The van der Waals surface area contributed by atoms with Crippen molar-refractivity contribution in [1.29, 1.82) is 0 Å². The topological polar surface area (TPSA) is 44.3 Å². The highest BCUT2D eigenvalue weighted by molar-refractivity contribution is 5.37. The molecule has 1 aliphatic rings. The fourth-order valence-corrected chi connectivity index (χ4v) is 2.31. The van der Waals surface area contributed by atoms with E-state index in [1.54, 1.807) is 0 Å². The van der Waals surface area contributed by atoms with Crippen LogP contribution in [0.2, 0.25) is 0 Å². The van der Waals surface area contributed by atoms with E-state index in [1.165, 1.54) is 6.33 Å². The first kappa shape index (κ1) is 14.1. The van der Waals surface area contributed by atoms with E-state index in [9.17, 15) is 4.39 Å². The molecular weight excluding hydrogens is 245 g/mol. The summed E-state index contributed by atoms with van der Waals surface area (Å²) >= 11 is 0. The van der Waals surface area contributed by atoms with Gasteiger partial charge in [0, 0.05) is 32.2 Å². The van der Waals surface area contributed by atoms with Crippen LogP contribution in [0, 0.1) is 5.82 Å². The number of aromatic nitrogens is 2. The summed E-state index contributed by atoms with van der Waals surface area (Å²) in [5.74, 6) is -0.00899. The van der Waals surface area contributed by atoms with Crippen molar-refractivity contribution >= 4 is 5.82 Å². The molecule has 0 radical (unpaired) electrons. The molecule has 0 aromatic carbocycles. The fourth-order valence-electron chi connectivity index (χ4n) is 2.31. The Labute approximate surface area is 113 Å². The molecule has 0 bridgehead atoms. The largest absolute Gasteiger partial charge is 0.366 e. The highest BCUT2D eigenvalue weighted by Gasteiger charge is 2.22. The van der Waals surface area contributed by atoms with Crippen molar-refractivity contribution in [1.82, 2.24) is 19.8 Å². The van der Waals surface area contributed by atoms with Gasteiger partial charge in [-0.3, -0.25) is 4.90 Å². The molecule has 1 atom stereocenters. The van der Waals surface area contributed by atoms with Crippen LogP contribution in [0.3, 0.4) is 0 Å². The van der Waals surface area contributed by atoms with Gasteiger partial charge in [-0.05, 0) is 20.5 Å². The minimum absolute atomic E-state index is 0.313. The van der Waals surface area contributed by atoms with E-state index in [0.29, 0.717) is 30.5 Å². The van der Waals surface area contributed by atoms with Gasteiger partial charge >= 0.3 is 0 Å². The molecule has 0 amide bonds. The van der Waals surface area contributed by atoms with E-state index in [4.69, 9.17) is 0 Å². The van der Waals surface area contributed by atoms with Gasteiger partial charge in [-0.2, -0.15) is 0 Å². The SMILES string of the molecule is CCc1ncnc(NCC2CN(C)CCN2C)c1F. The summed E-state index contributed by atoms with van der Waals surface area (Å²) in [6.07, 6.45) is 2.00. The molecule has 19 heavy (non-hydrogen) atoms. The predicted molar refractivity (Wildman–Crippen MR) is 73.8 cm³/mol. The number of anilines is 1. The number of piperazine rings is 1. The first-order chi connectivity index (χ1) is 9.11. The van der Waals surface area contributed by atoms with Crippen molar-refractivity contribution in [3.63, 3.8) is 0 Å². The maximum Gasteiger partial charge on any atom is 0.186 e. The molecule has 1 aromatic rings. The maximum absolute atomic E-state index is 14.0. The Morgan fingerprint density at radius 1 is 1.37 bits per heavy atom. The van der Waals surface area contributed by atoms with Gasteiger partial charge in [0.1, 0.15) is 6.33 Å². The van der Waals surface area contributed by atoms with Crippen molar-refractivity contribution in [3.8, 4) is 0 Å². The van der Waals surface area contributed by atoms with Crippen LogP contribution in [-0.4, -0.2) is 66.1 Å². The number of likely N-dealkylation sites (N-methyl/N-ethyl adjacent to an activating group) is 2. The Morgan fingerprint density at radius 2 is 2.16 bits per heavy atom. The number of nitrogens with zero attached hydrogens (tertiary/aromatic N) is 4. The molecule has 1 N–H and O–H groups in total. The molecule has 1 saturated heterocycles. The predicted octanol–water partition coefficient (Wildman–Crippen LogP) is 0.836. The Kier molecular flexibility index (Phi) is 4.66. The molecule has 0 aliphatic carbocycles. The highest BCUT2D eigenvalue weighted by Crippen LogP contribution is 2.14. The lowest BCUT2D eigenvalue weighted by Gasteiger charge is -2.37. The summed E-state index contributed by atoms with van der Waals surface area (Å²) in [4.78, 5) is 12.5. The van der Waals surface area contributed by atoms with Crippen LogP contribution in [-0.2, 0) is 6.42 Å². The smallest absolute Gasteiger partial charge is 0.186 e. The van der Waals surface area contributed by atoms with Crippen LogP contribution >= 0.6 is 0 Å². The maximum atomic E-state index is 14.0. The van der Waals surface area contributed by atoms with E-state index in [-0.39, 0.29) is 5.82 Å². The third kappa shape index (κ3) is 3.39. The van der Waals surface area contributed by atoms with Crippen LogP contribution < -0.4 is 5.32 Å². The average Bonchev–Trinajstić information content (AvgIpc) is 2.41. The van der Waals surface area contributed by atoms with Gasteiger partial charge in [-0.25, -0.2) is 14.4 Å². The normalized spacial score (nSPS) is 21.6. The summed E-state index contributed by atoms with van der Waals surface area (Å²) in [5, 5.41) is 3.11. The van der Waals surface area contributed by atoms with Gasteiger partial charge in [-0.1, -0.05) is 6.92 Å². The number of hydrogen-bond donors (Lipinski definition) is 1. The minimum Gasteiger partial charge on any atom is -0.366 e. The lowest BCUT2D eigenvalue weighted by molar-refractivity contribution is 0.121. The summed E-state index contributed by atoms with van der Waals surface area (Å²) in [7, 11) is 4.22. The Hall–Kier alpha value is -1.27. The molecule has 1 fully saturated rings. The standard InChI is InChI=1S/C13H22FN5/c1-4-11-12(14)13(17-9-16-11)15-7-10-8-18(2)5-6-19(10)3/h9-10H,4-8H2,1-3H3,(H,15,16,17). The fraction of sp³-hybridized carbons (Fsp3) is 0.692. The zero-order valence-electron chi connectivity index (χ0n) is 11.9. The van der Waals surface area contributed by atoms with Crippen LogP contribution in [0.1, 0.15) is 12.6 Å². The van der Waals surface area contributed by atoms with Crippen LogP contribution in [0.15, 0.2) is 6.33 Å². The molecule has 0 spiro atoms. The van der Waals surface area contributed by atoms with Crippen LogP contribution in [0.5, 0.6) is 0 Å². The second-order valence-corrected chi connectivity index (χ2v) is 5.11. The van der Waals surface area contributed by atoms with Crippen LogP contribution in [0.4, 0.5) is 10.2 Å². The highest BCUT2D eigenvalue weighted by atomic mass is 19.1. The molecule has 2 rings (SSSR count). The minimum atomic E-state index is -0.322. The van der Waals surface area contributed by atoms with E-state index in [1.807, 2.05) is 6.92 Å². The van der Waals surface area contributed by atoms with E-state index in [2.05, 4.69) is 39.2 Å². The number of rotatable bonds is 4. The van der Waals surface area contributed by atoms with Gasteiger partial charge in [0.15, 0.2) is 11.6 Å². The third-order valence-electron chi connectivity index (χ3n) is 3.68. The van der Waals surface area contributed by atoms with Crippen molar-refractivity contribution in [2.75, 3.05) is 45.6 Å². The molecule has 1 aromatic heterocycles. The molecule has 6 heteroatoms. The molecule has 1 unspecified atom stereocenters. The molecule has 106 valence electrons. The number of aryl methyl sites for hydroxylation is 1. The lowest BCUT2D eigenvalue weighted by atomic mass is 10.2. The summed E-state index contributed by atoms with van der Waals surface area (Å²) < 4.78 is 14.0. The monoisotopic (exact) mass is 267 g/mol. The van der Waals surface area contributed by atoms with Crippen molar-refractivity contribution < 1.29 is 4.39 Å². The zero-order valence-corrected chi connectivity index (χ0v) is 11.9. The van der Waals surface area contributed by atoms with Gasteiger partial charge < -0.3 is 10.2 Å². The second-order valence-electron chi connectivity index (χ2n) is 5.11. The van der Waals surface area contributed by atoms with Gasteiger partial charge in [0.2, 0.25) is 0 Å². The van der Waals surface area contributed by atoms with E-state index in [0.717, 1.165) is 19.6 Å². The van der Waals surface area contributed by atoms with E-state index < -0.39 is 0 Å². The number of hydrogen-bond acceptors (Lipinski definition) is 5. The van der Waals surface area contributed by atoms with Crippen LogP contribution in [0.25, 0.3) is 0 Å². The summed E-state index contributed by atoms with van der Waals surface area (Å²) in [6, 6.07) is 0.373. The first-order valence-electron chi connectivity index (χ1n) is 6.73. The van der Waals surface area contributed by atoms with E-state index >= 15 is 0 Å². The Balaban J connectivity index is 1.98. The third-order valence-corrected chi connectivity index (χ3v) is 3.68. The summed E-state index contributed by atoms with van der Waals surface area (Å²) in [5.41, 5.74) is 0.464. The molecule has 1 aliphatic heterocycles. The quantitative estimate of drug-likeness (QED) is 0.875. The number of halogens is 1. The van der Waals surface area contributed by atoms with Gasteiger partial charge in [0.05, 0.1) is 5.69 Å². The molecule has 5 nitrogen and oxygen atoms in total. The molecular formula is C13H22FN5. The zero-order chi connectivity index (χ0) is 13.8. The van der Waals surface area contributed by atoms with Crippen molar-refractivity contribution in [2.45, 2.75) is 19.4 Å². The first-order valence-corrected chi connectivity index (χ1v) is 6.73. The second kappa shape index (κ2) is 6.25. The average molecular weight is 267 g/mol. The Bertz CT molecular complexity index is 425. The molecule has 2 heterocycles. The lowest BCUT2D eigenvalue weighted by Crippen LogP contribution is -2.52. The molecule has 0 saturated carbocycles. The number of nitrogens with one attached hydrogen (secondary N) is 1. The van der Waals surface area contributed by atoms with Crippen molar-refractivity contribution in [3.05, 3.63) is 17.8 Å². The van der Waals surface area contributed by atoms with Gasteiger partial charge in [0.25, 0.3) is 0 Å². The summed E-state index contributed by atoms with van der Waals surface area (Å²) in [6.45, 7) is 5.68. The van der Waals surface area contributed by atoms with Gasteiger partial charge in [-0.15, -0.1) is 0 Å².